The summed E-state index contributed by atoms with van der Waals surface area (Å²) in [5.41, 5.74) is 6.31. The van der Waals surface area contributed by atoms with Crippen molar-refractivity contribution in [2.24, 2.45) is 5.92 Å². The molecule has 1 amide bonds. The molecule has 0 unspecified atom stereocenters. The van der Waals surface area contributed by atoms with Crippen LogP contribution in [0.2, 0.25) is 0 Å². The van der Waals surface area contributed by atoms with Crippen molar-refractivity contribution >= 4 is 11.6 Å². The normalized spacial score (nSPS) is 22.8. The quantitative estimate of drug-likeness (QED) is 0.819. The third-order valence-electron chi connectivity index (χ3n) is 3.66. The summed E-state index contributed by atoms with van der Waals surface area (Å²) < 4.78 is 5.42. The van der Waals surface area contributed by atoms with Crippen molar-refractivity contribution in [3.05, 3.63) is 24.3 Å². The van der Waals surface area contributed by atoms with Gasteiger partial charge < -0.3 is 15.8 Å². The second-order valence-corrected chi connectivity index (χ2v) is 5.35. The Morgan fingerprint density at radius 1 is 1.32 bits per heavy atom. The van der Waals surface area contributed by atoms with Gasteiger partial charge in [0.05, 0.1) is 5.69 Å². The predicted octanol–water partition coefficient (Wildman–Crippen LogP) is 2.34. The topological polar surface area (TPSA) is 64.3 Å². The van der Waals surface area contributed by atoms with Crippen LogP contribution in [0.5, 0.6) is 5.75 Å². The molecule has 1 aromatic carbocycles. The third kappa shape index (κ3) is 4.16. The molecule has 0 heterocycles. The van der Waals surface area contributed by atoms with Crippen molar-refractivity contribution < 1.29 is 9.53 Å². The Morgan fingerprint density at radius 2 is 2.00 bits per heavy atom. The molecule has 3 N–H and O–H groups in total. The number of hydrogen-bond acceptors (Lipinski definition) is 3. The SMILES string of the molecule is CC1CCC(NC(=O)COc2ccccc2N)CC1. The summed E-state index contributed by atoms with van der Waals surface area (Å²) in [6, 6.07) is 7.51. The van der Waals surface area contributed by atoms with Gasteiger partial charge in [0.2, 0.25) is 0 Å². The Labute approximate surface area is 114 Å². The maximum Gasteiger partial charge on any atom is 0.258 e. The number of rotatable bonds is 4. The molecule has 0 aliphatic heterocycles. The number of nitrogens with two attached hydrogens (primary N) is 1. The molecule has 0 saturated heterocycles. The highest BCUT2D eigenvalue weighted by atomic mass is 16.5. The van der Waals surface area contributed by atoms with Gasteiger partial charge in [-0.1, -0.05) is 19.1 Å². The number of ether oxygens (including phenoxy) is 1. The number of carbonyl (C=O) groups is 1. The average molecular weight is 262 g/mol. The zero-order chi connectivity index (χ0) is 13.7. The molecule has 1 aliphatic rings. The number of benzene rings is 1. The van der Waals surface area contributed by atoms with E-state index >= 15 is 0 Å². The van der Waals surface area contributed by atoms with Gasteiger partial charge in [-0.25, -0.2) is 0 Å². The molecule has 1 aliphatic carbocycles. The van der Waals surface area contributed by atoms with E-state index in [1.165, 1.54) is 12.8 Å². The van der Waals surface area contributed by atoms with E-state index in [1.54, 1.807) is 12.1 Å². The third-order valence-corrected chi connectivity index (χ3v) is 3.66. The first-order valence-corrected chi connectivity index (χ1v) is 6.92. The summed E-state index contributed by atoms with van der Waals surface area (Å²) in [5.74, 6) is 1.28. The first kappa shape index (κ1) is 13.7. The fraction of sp³-hybridized carbons (Fsp3) is 0.533. The maximum absolute atomic E-state index is 11.8. The number of nitrogen functional groups attached to an aromatic ring is 1. The summed E-state index contributed by atoms with van der Waals surface area (Å²) in [6.07, 6.45) is 4.52. The molecule has 1 aromatic rings. The highest BCUT2D eigenvalue weighted by molar-refractivity contribution is 5.78. The second-order valence-electron chi connectivity index (χ2n) is 5.35. The number of nitrogens with one attached hydrogen (secondary N) is 1. The van der Waals surface area contributed by atoms with Crippen LogP contribution in [0.1, 0.15) is 32.6 Å². The molecule has 4 heteroatoms. The average Bonchev–Trinajstić information content (AvgIpc) is 2.40. The van der Waals surface area contributed by atoms with Crippen molar-refractivity contribution in [1.29, 1.82) is 0 Å². The predicted molar refractivity (Wildman–Crippen MR) is 75.9 cm³/mol. The number of carbonyl (C=O) groups excluding carboxylic acids is 1. The molecule has 0 spiro atoms. The molecular formula is C15H22N2O2. The second kappa shape index (κ2) is 6.45. The highest BCUT2D eigenvalue weighted by Gasteiger charge is 2.19. The highest BCUT2D eigenvalue weighted by Crippen LogP contribution is 2.23. The number of anilines is 1. The lowest BCUT2D eigenvalue weighted by Crippen LogP contribution is -2.39. The smallest absolute Gasteiger partial charge is 0.258 e. The summed E-state index contributed by atoms with van der Waals surface area (Å²) in [5, 5.41) is 3.02. The van der Waals surface area contributed by atoms with E-state index in [-0.39, 0.29) is 12.5 Å². The van der Waals surface area contributed by atoms with Crippen molar-refractivity contribution in [1.82, 2.24) is 5.32 Å². The van der Waals surface area contributed by atoms with Crippen LogP contribution in [-0.4, -0.2) is 18.6 Å². The van der Waals surface area contributed by atoms with E-state index in [0.29, 0.717) is 17.5 Å². The van der Waals surface area contributed by atoms with Gasteiger partial charge in [-0.15, -0.1) is 0 Å². The Balaban J connectivity index is 1.74. The van der Waals surface area contributed by atoms with Crippen LogP contribution in [0.4, 0.5) is 5.69 Å². The van der Waals surface area contributed by atoms with Gasteiger partial charge in [-0.2, -0.15) is 0 Å². The molecule has 4 nitrogen and oxygen atoms in total. The fourth-order valence-electron chi connectivity index (χ4n) is 2.43. The van der Waals surface area contributed by atoms with E-state index in [9.17, 15) is 4.79 Å². The van der Waals surface area contributed by atoms with Crippen molar-refractivity contribution in [3.63, 3.8) is 0 Å². The molecule has 1 fully saturated rings. The molecule has 0 aromatic heterocycles. The van der Waals surface area contributed by atoms with Gasteiger partial charge in [0.1, 0.15) is 5.75 Å². The molecule has 104 valence electrons. The zero-order valence-corrected chi connectivity index (χ0v) is 11.4. The molecule has 0 atom stereocenters. The van der Waals surface area contributed by atoms with E-state index in [2.05, 4.69) is 12.2 Å². The van der Waals surface area contributed by atoms with Crippen molar-refractivity contribution in [3.8, 4) is 5.75 Å². The number of amides is 1. The lowest BCUT2D eigenvalue weighted by atomic mass is 9.87. The lowest BCUT2D eigenvalue weighted by Gasteiger charge is -2.26. The fourth-order valence-corrected chi connectivity index (χ4v) is 2.43. The molecule has 0 bridgehead atoms. The van der Waals surface area contributed by atoms with E-state index < -0.39 is 0 Å². The van der Waals surface area contributed by atoms with Gasteiger partial charge in [0.25, 0.3) is 5.91 Å². The minimum atomic E-state index is -0.0668. The summed E-state index contributed by atoms with van der Waals surface area (Å²) in [4.78, 5) is 11.8. The lowest BCUT2D eigenvalue weighted by molar-refractivity contribution is -0.124. The largest absolute Gasteiger partial charge is 0.482 e. The minimum absolute atomic E-state index is 0.0280. The Bertz CT molecular complexity index is 426. The van der Waals surface area contributed by atoms with Gasteiger partial charge >= 0.3 is 0 Å². The number of hydrogen-bond donors (Lipinski definition) is 2. The molecule has 1 saturated carbocycles. The van der Waals surface area contributed by atoms with Crippen molar-refractivity contribution in [2.45, 2.75) is 38.6 Å². The van der Waals surface area contributed by atoms with Crippen LogP contribution in [0.15, 0.2) is 24.3 Å². The first-order valence-electron chi connectivity index (χ1n) is 6.92. The molecule has 0 radical (unpaired) electrons. The van der Waals surface area contributed by atoms with Crippen LogP contribution in [-0.2, 0) is 4.79 Å². The van der Waals surface area contributed by atoms with Crippen LogP contribution >= 0.6 is 0 Å². The van der Waals surface area contributed by atoms with Gasteiger partial charge in [-0.3, -0.25) is 4.79 Å². The zero-order valence-electron chi connectivity index (χ0n) is 11.4. The first-order chi connectivity index (χ1) is 9.15. The summed E-state index contributed by atoms with van der Waals surface area (Å²) in [6.45, 7) is 2.29. The standard InChI is InChI=1S/C15H22N2O2/c1-11-6-8-12(9-7-11)17-15(18)10-19-14-5-3-2-4-13(14)16/h2-5,11-12H,6-10,16H2,1H3,(H,17,18). The maximum atomic E-state index is 11.8. The van der Waals surface area contributed by atoms with Crippen LogP contribution < -0.4 is 15.8 Å². The monoisotopic (exact) mass is 262 g/mol. The van der Waals surface area contributed by atoms with Gasteiger partial charge in [0, 0.05) is 6.04 Å². The van der Waals surface area contributed by atoms with Crippen LogP contribution in [0.25, 0.3) is 0 Å². The van der Waals surface area contributed by atoms with Gasteiger partial charge in [0.15, 0.2) is 6.61 Å². The Hall–Kier alpha value is -1.71. The van der Waals surface area contributed by atoms with E-state index in [4.69, 9.17) is 10.5 Å². The number of para-hydroxylation sites is 2. The van der Waals surface area contributed by atoms with Crippen LogP contribution in [0.3, 0.4) is 0 Å². The molecular weight excluding hydrogens is 240 g/mol. The Morgan fingerprint density at radius 3 is 2.68 bits per heavy atom. The van der Waals surface area contributed by atoms with Crippen molar-refractivity contribution in [2.75, 3.05) is 12.3 Å². The summed E-state index contributed by atoms with van der Waals surface area (Å²) >= 11 is 0. The van der Waals surface area contributed by atoms with Gasteiger partial charge in [-0.05, 0) is 43.7 Å². The summed E-state index contributed by atoms with van der Waals surface area (Å²) in [7, 11) is 0. The van der Waals surface area contributed by atoms with E-state index in [0.717, 1.165) is 18.8 Å². The van der Waals surface area contributed by atoms with Crippen LogP contribution in [0, 0.1) is 5.92 Å². The molecule has 19 heavy (non-hydrogen) atoms. The Kier molecular flexibility index (Phi) is 4.66. The minimum Gasteiger partial charge on any atom is -0.482 e. The van der Waals surface area contributed by atoms with E-state index in [1.807, 2.05) is 12.1 Å². The molecule has 2 rings (SSSR count).